The molecule has 0 amide bonds. The molecule has 0 heterocycles. The van der Waals surface area contributed by atoms with Crippen molar-refractivity contribution in [3.8, 4) is 11.5 Å². The average molecular weight is 332 g/mol. The van der Waals surface area contributed by atoms with Crippen LogP contribution in [0.15, 0.2) is 16.6 Å². The molecule has 0 bridgehead atoms. The van der Waals surface area contributed by atoms with Crippen LogP contribution in [0.4, 0.5) is 0 Å². The largest absolute Gasteiger partial charge is 0.495 e. The molecular formula is C14H22BrNO3. The molecule has 0 saturated heterocycles. The van der Waals surface area contributed by atoms with Gasteiger partial charge in [-0.15, -0.1) is 0 Å². The van der Waals surface area contributed by atoms with Crippen molar-refractivity contribution in [2.24, 2.45) is 0 Å². The Labute approximate surface area is 123 Å². The maximum absolute atomic E-state index is 5.52. The summed E-state index contributed by atoms with van der Waals surface area (Å²) in [4.78, 5) is 0. The monoisotopic (exact) mass is 331 g/mol. The predicted octanol–water partition coefficient (Wildman–Crippen LogP) is 3.15. The van der Waals surface area contributed by atoms with Crippen molar-refractivity contribution in [3.05, 3.63) is 22.2 Å². The van der Waals surface area contributed by atoms with Gasteiger partial charge in [0.05, 0.1) is 14.2 Å². The first kappa shape index (κ1) is 16.3. The van der Waals surface area contributed by atoms with E-state index in [2.05, 4.69) is 28.2 Å². The first-order valence-electron chi connectivity index (χ1n) is 6.32. The second kappa shape index (κ2) is 8.40. The summed E-state index contributed by atoms with van der Waals surface area (Å²) in [5.74, 6) is 1.57. The van der Waals surface area contributed by atoms with Crippen LogP contribution < -0.4 is 14.8 Å². The molecule has 0 aliphatic rings. The molecular weight excluding hydrogens is 310 g/mol. The number of rotatable bonds is 8. The standard InChI is InChI=1S/C14H22BrNO3/c1-5-16-11(8-9-17-2)10-6-7-12(18-3)13(15)14(10)19-4/h6-7,11,16H,5,8-9H2,1-4H3. The summed E-state index contributed by atoms with van der Waals surface area (Å²) in [5, 5.41) is 3.45. The maximum atomic E-state index is 5.52. The molecule has 5 heteroatoms. The third kappa shape index (κ3) is 4.09. The zero-order valence-electron chi connectivity index (χ0n) is 12.0. The van der Waals surface area contributed by atoms with E-state index in [1.807, 2.05) is 12.1 Å². The summed E-state index contributed by atoms with van der Waals surface area (Å²) in [6.07, 6.45) is 0.888. The number of ether oxygens (including phenoxy) is 3. The molecule has 1 N–H and O–H groups in total. The summed E-state index contributed by atoms with van der Waals surface area (Å²) in [6.45, 7) is 3.68. The van der Waals surface area contributed by atoms with Gasteiger partial charge >= 0.3 is 0 Å². The van der Waals surface area contributed by atoms with Crippen molar-refractivity contribution in [2.75, 3.05) is 34.5 Å². The van der Waals surface area contributed by atoms with E-state index in [4.69, 9.17) is 14.2 Å². The number of hydrogen-bond donors (Lipinski definition) is 1. The van der Waals surface area contributed by atoms with E-state index in [0.717, 1.165) is 34.5 Å². The fourth-order valence-corrected chi connectivity index (χ4v) is 2.73. The third-order valence-corrected chi connectivity index (χ3v) is 3.70. The molecule has 1 aromatic rings. The SMILES string of the molecule is CCNC(CCOC)c1ccc(OC)c(Br)c1OC. The van der Waals surface area contributed by atoms with Gasteiger partial charge in [0.25, 0.3) is 0 Å². The molecule has 1 atom stereocenters. The van der Waals surface area contributed by atoms with Gasteiger partial charge in [0.15, 0.2) is 0 Å². The molecule has 0 aliphatic carbocycles. The van der Waals surface area contributed by atoms with E-state index in [1.165, 1.54) is 0 Å². The Balaban J connectivity index is 3.10. The molecule has 1 rings (SSSR count). The zero-order chi connectivity index (χ0) is 14.3. The van der Waals surface area contributed by atoms with Gasteiger partial charge in [0.1, 0.15) is 16.0 Å². The zero-order valence-corrected chi connectivity index (χ0v) is 13.5. The molecule has 0 fully saturated rings. The number of halogens is 1. The highest BCUT2D eigenvalue weighted by Crippen LogP contribution is 2.40. The van der Waals surface area contributed by atoms with Crippen molar-refractivity contribution in [1.82, 2.24) is 5.32 Å². The van der Waals surface area contributed by atoms with E-state index in [1.54, 1.807) is 21.3 Å². The van der Waals surface area contributed by atoms with Gasteiger partial charge < -0.3 is 19.5 Å². The molecule has 0 aliphatic heterocycles. The van der Waals surface area contributed by atoms with E-state index >= 15 is 0 Å². The van der Waals surface area contributed by atoms with Crippen LogP contribution in [0.5, 0.6) is 11.5 Å². The highest BCUT2D eigenvalue weighted by molar-refractivity contribution is 9.10. The maximum Gasteiger partial charge on any atom is 0.141 e. The summed E-state index contributed by atoms with van der Waals surface area (Å²) in [7, 11) is 5.03. The minimum absolute atomic E-state index is 0.196. The fraction of sp³-hybridized carbons (Fsp3) is 0.571. The summed E-state index contributed by atoms with van der Waals surface area (Å²) in [6, 6.07) is 4.17. The molecule has 4 nitrogen and oxygen atoms in total. The van der Waals surface area contributed by atoms with Crippen LogP contribution in [-0.2, 0) is 4.74 Å². The molecule has 1 unspecified atom stereocenters. The number of nitrogens with one attached hydrogen (secondary N) is 1. The Bertz CT molecular complexity index is 399. The summed E-state index contributed by atoms with van der Waals surface area (Å²) < 4.78 is 16.8. The third-order valence-electron chi connectivity index (χ3n) is 2.95. The molecule has 0 saturated carbocycles. The van der Waals surface area contributed by atoms with Gasteiger partial charge in [-0.25, -0.2) is 0 Å². The van der Waals surface area contributed by atoms with Crippen molar-refractivity contribution in [2.45, 2.75) is 19.4 Å². The first-order valence-corrected chi connectivity index (χ1v) is 7.11. The van der Waals surface area contributed by atoms with Gasteiger partial charge in [-0.2, -0.15) is 0 Å². The van der Waals surface area contributed by atoms with Crippen LogP contribution in [0.25, 0.3) is 0 Å². The van der Waals surface area contributed by atoms with Gasteiger partial charge in [-0.3, -0.25) is 0 Å². The molecule has 0 spiro atoms. The lowest BCUT2D eigenvalue weighted by molar-refractivity contribution is 0.182. The number of benzene rings is 1. The smallest absolute Gasteiger partial charge is 0.141 e. The minimum Gasteiger partial charge on any atom is -0.495 e. The molecule has 108 valence electrons. The normalized spacial score (nSPS) is 12.3. The second-order valence-corrected chi connectivity index (χ2v) is 4.89. The van der Waals surface area contributed by atoms with Crippen LogP contribution in [0.3, 0.4) is 0 Å². The Kier molecular flexibility index (Phi) is 7.20. The lowest BCUT2D eigenvalue weighted by Gasteiger charge is -2.22. The Morgan fingerprint density at radius 2 is 1.95 bits per heavy atom. The highest BCUT2D eigenvalue weighted by atomic mass is 79.9. The molecule has 0 radical (unpaired) electrons. The van der Waals surface area contributed by atoms with Gasteiger partial charge in [0, 0.05) is 25.3 Å². The van der Waals surface area contributed by atoms with Gasteiger partial charge in [0.2, 0.25) is 0 Å². The summed E-state index contributed by atoms with van der Waals surface area (Å²) >= 11 is 3.53. The molecule has 0 aromatic heterocycles. The van der Waals surface area contributed by atoms with Crippen molar-refractivity contribution >= 4 is 15.9 Å². The van der Waals surface area contributed by atoms with Crippen molar-refractivity contribution in [1.29, 1.82) is 0 Å². The summed E-state index contributed by atoms with van der Waals surface area (Å²) in [5.41, 5.74) is 1.11. The van der Waals surface area contributed by atoms with Crippen LogP contribution in [0.2, 0.25) is 0 Å². The first-order chi connectivity index (χ1) is 9.19. The predicted molar refractivity (Wildman–Crippen MR) is 80.2 cm³/mol. The van der Waals surface area contributed by atoms with E-state index in [9.17, 15) is 0 Å². The van der Waals surface area contributed by atoms with E-state index in [-0.39, 0.29) is 6.04 Å². The Hall–Kier alpha value is -0.780. The van der Waals surface area contributed by atoms with Crippen molar-refractivity contribution in [3.63, 3.8) is 0 Å². The average Bonchev–Trinajstić information content (AvgIpc) is 2.43. The topological polar surface area (TPSA) is 39.7 Å². The quantitative estimate of drug-likeness (QED) is 0.794. The second-order valence-electron chi connectivity index (χ2n) is 4.10. The van der Waals surface area contributed by atoms with Crippen LogP contribution in [-0.4, -0.2) is 34.5 Å². The van der Waals surface area contributed by atoms with Crippen LogP contribution in [0, 0.1) is 0 Å². The van der Waals surface area contributed by atoms with Crippen LogP contribution >= 0.6 is 15.9 Å². The number of methoxy groups -OCH3 is 3. The lowest BCUT2D eigenvalue weighted by atomic mass is 10.0. The number of hydrogen-bond acceptors (Lipinski definition) is 4. The van der Waals surface area contributed by atoms with Gasteiger partial charge in [-0.1, -0.05) is 6.92 Å². The van der Waals surface area contributed by atoms with Crippen molar-refractivity contribution < 1.29 is 14.2 Å². The lowest BCUT2D eigenvalue weighted by Crippen LogP contribution is -2.23. The van der Waals surface area contributed by atoms with E-state index in [0.29, 0.717) is 6.61 Å². The molecule has 19 heavy (non-hydrogen) atoms. The van der Waals surface area contributed by atoms with Gasteiger partial charge in [-0.05, 0) is 41.0 Å². The fourth-order valence-electron chi connectivity index (χ4n) is 2.04. The molecule has 1 aromatic carbocycles. The Morgan fingerprint density at radius 3 is 2.47 bits per heavy atom. The van der Waals surface area contributed by atoms with E-state index < -0.39 is 0 Å². The Morgan fingerprint density at radius 1 is 1.21 bits per heavy atom. The van der Waals surface area contributed by atoms with Crippen LogP contribution in [0.1, 0.15) is 24.9 Å². The minimum atomic E-state index is 0.196. The highest BCUT2D eigenvalue weighted by Gasteiger charge is 2.19.